The Bertz CT molecular complexity index is 632. The van der Waals surface area contributed by atoms with Gasteiger partial charge in [-0.1, -0.05) is 17.7 Å². The van der Waals surface area contributed by atoms with Gasteiger partial charge >= 0.3 is 5.97 Å². The number of aromatic nitrogens is 2. The van der Waals surface area contributed by atoms with Crippen LogP contribution in [0.15, 0.2) is 18.2 Å². The maximum absolute atomic E-state index is 10.9. The fourth-order valence-electron chi connectivity index (χ4n) is 2.02. The van der Waals surface area contributed by atoms with E-state index in [1.807, 2.05) is 26.0 Å². The van der Waals surface area contributed by atoms with E-state index >= 15 is 0 Å². The first-order chi connectivity index (χ1) is 8.41. The maximum Gasteiger partial charge on any atom is 0.356 e. The van der Waals surface area contributed by atoms with Crippen molar-refractivity contribution < 1.29 is 9.90 Å². The lowest BCUT2D eigenvalue weighted by molar-refractivity contribution is 0.0689. The number of hydrogen-bond acceptors (Lipinski definition) is 2. The molecule has 0 spiro atoms. The largest absolute Gasteiger partial charge is 0.476 e. The molecule has 0 saturated carbocycles. The third-order valence-electron chi connectivity index (χ3n) is 2.96. The summed E-state index contributed by atoms with van der Waals surface area (Å²) in [6.07, 6.45) is 0. The summed E-state index contributed by atoms with van der Waals surface area (Å²) in [5.74, 6) is -1.03. The topological polar surface area (TPSA) is 55.1 Å². The average molecular weight is 265 g/mol. The molecule has 0 fully saturated rings. The van der Waals surface area contributed by atoms with E-state index in [1.54, 1.807) is 17.8 Å². The van der Waals surface area contributed by atoms with Gasteiger partial charge < -0.3 is 5.11 Å². The van der Waals surface area contributed by atoms with E-state index in [2.05, 4.69) is 5.10 Å². The summed E-state index contributed by atoms with van der Waals surface area (Å²) in [5.41, 5.74) is 3.69. The van der Waals surface area contributed by atoms with Crippen LogP contribution in [0.1, 0.15) is 21.6 Å². The van der Waals surface area contributed by atoms with Crippen LogP contribution in [0.25, 0.3) is 11.3 Å². The van der Waals surface area contributed by atoms with Gasteiger partial charge in [0.2, 0.25) is 0 Å². The van der Waals surface area contributed by atoms with Crippen molar-refractivity contribution in [3.63, 3.8) is 0 Å². The molecule has 0 aliphatic rings. The molecule has 18 heavy (non-hydrogen) atoms. The molecule has 0 aliphatic carbocycles. The number of aromatic carboxylic acids is 1. The van der Waals surface area contributed by atoms with E-state index in [0.29, 0.717) is 5.02 Å². The second-order valence-electron chi connectivity index (χ2n) is 4.21. The summed E-state index contributed by atoms with van der Waals surface area (Å²) >= 11 is 6.11. The second kappa shape index (κ2) is 4.46. The Labute approximate surface area is 110 Å². The number of nitrogens with zero attached hydrogens (tertiary/aromatic N) is 2. The molecule has 1 aromatic carbocycles. The van der Waals surface area contributed by atoms with Crippen LogP contribution >= 0.6 is 11.6 Å². The molecule has 94 valence electrons. The third-order valence-corrected chi connectivity index (χ3v) is 3.37. The molecule has 1 heterocycles. The molecule has 1 aromatic heterocycles. The first-order valence-corrected chi connectivity index (χ1v) is 5.83. The Balaban J connectivity index is 2.69. The van der Waals surface area contributed by atoms with E-state index in [4.69, 9.17) is 16.7 Å². The summed E-state index contributed by atoms with van der Waals surface area (Å²) in [4.78, 5) is 10.9. The highest BCUT2D eigenvalue weighted by molar-refractivity contribution is 6.31. The van der Waals surface area contributed by atoms with Crippen LogP contribution in [0, 0.1) is 13.8 Å². The molecule has 0 radical (unpaired) electrons. The lowest BCUT2D eigenvalue weighted by atomic mass is 9.99. The van der Waals surface area contributed by atoms with Crippen molar-refractivity contribution in [2.24, 2.45) is 7.05 Å². The van der Waals surface area contributed by atoms with Crippen LogP contribution in [0.3, 0.4) is 0 Å². The Morgan fingerprint density at radius 3 is 2.61 bits per heavy atom. The van der Waals surface area contributed by atoms with Crippen molar-refractivity contribution in [1.82, 2.24) is 9.78 Å². The quantitative estimate of drug-likeness (QED) is 0.907. The maximum atomic E-state index is 10.9. The monoisotopic (exact) mass is 264 g/mol. The van der Waals surface area contributed by atoms with Crippen LogP contribution in [-0.4, -0.2) is 20.9 Å². The first-order valence-electron chi connectivity index (χ1n) is 5.45. The Hall–Kier alpha value is -1.81. The lowest BCUT2D eigenvalue weighted by Crippen LogP contribution is -2.00. The molecule has 5 heteroatoms. The lowest BCUT2D eigenvalue weighted by Gasteiger charge is -2.11. The van der Waals surface area contributed by atoms with Crippen molar-refractivity contribution in [3.8, 4) is 11.3 Å². The van der Waals surface area contributed by atoms with Crippen molar-refractivity contribution in [2.75, 3.05) is 0 Å². The van der Waals surface area contributed by atoms with Crippen molar-refractivity contribution in [3.05, 3.63) is 40.0 Å². The van der Waals surface area contributed by atoms with Crippen LogP contribution in [0.5, 0.6) is 0 Å². The minimum Gasteiger partial charge on any atom is -0.476 e. The fourth-order valence-corrected chi connectivity index (χ4v) is 2.18. The minimum atomic E-state index is -1.03. The number of aryl methyl sites for hydroxylation is 2. The SMILES string of the molecule is Cc1ccc(Cl)c(C)c1-c1cc(C(=O)O)nn1C. The average Bonchev–Trinajstić information content (AvgIpc) is 2.67. The molecule has 1 N–H and O–H groups in total. The molecule has 0 atom stereocenters. The Morgan fingerprint density at radius 2 is 2.06 bits per heavy atom. The van der Waals surface area contributed by atoms with Gasteiger partial charge in [-0.05, 0) is 37.1 Å². The zero-order valence-electron chi connectivity index (χ0n) is 10.4. The molecule has 0 bridgehead atoms. The molecule has 2 aromatic rings. The van der Waals surface area contributed by atoms with Gasteiger partial charge in [-0.15, -0.1) is 0 Å². The van der Waals surface area contributed by atoms with E-state index in [0.717, 1.165) is 22.4 Å². The molecule has 0 aliphatic heterocycles. The second-order valence-corrected chi connectivity index (χ2v) is 4.62. The summed E-state index contributed by atoms with van der Waals surface area (Å²) in [5, 5.41) is 13.6. The van der Waals surface area contributed by atoms with E-state index in [-0.39, 0.29) is 5.69 Å². The molecule has 4 nitrogen and oxygen atoms in total. The predicted octanol–water partition coefficient (Wildman–Crippen LogP) is 3.06. The van der Waals surface area contributed by atoms with E-state index < -0.39 is 5.97 Å². The smallest absolute Gasteiger partial charge is 0.356 e. The van der Waals surface area contributed by atoms with Crippen molar-refractivity contribution in [2.45, 2.75) is 13.8 Å². The van der Waals surface area contributed by atoms with Gasteiger partial charge in [0.25, 0.3) is 0 Å². The molecule has 0 saturated heterocycles. The van der Waals surface area contributed by atoms with Crippen LogP contribution in [0.2, 0.25) is 5.02 Å². The van der Waals surface area contributed by atoms with Crippen molar-refractivity contribution in [1.29, 1.82) is 0 Å². The number of benzene rings is 1. The van der Waals surface area contributed by atoms with Crippen LogP contribution in [0.4, 0.5) is 0 Å². The number of rotatable bonds is 2. The molecule has 0 unspecified atom stereocenters. The van der Waals surface area contributed by atoms with Gasteiger partial charge in [-0.3, -0.25) is 4.68 Å². The molecular formula is C13H13ClN2O2. The van der Waals surface area contributed by atoms with Gasteiger partial charge in [-0.2, -0.15) is 5.10 Å². The molecule has 0 amide bonds. The van der Waals surface area contributed by atoms with Crippen molar-refractivity contribution >= 4 is 17.6 Å². The summed E-state index contributed by atoms with van der Waals surface area (Å²) in [6, 6.07) is 5.32. The summed E-state index contributed by atoms with van der Waals surface area (Å²) in [6.45, 7) is 3.88. The third kappa shape index (κ3) is 1.99. The zero-order chi connectivity index (χ0) is 13.4. The Kier molecular flexibility index (Phi) is 3.13. The van der Waals surface area contributed by atoms with Gasteiger partial charge in [-0.25, -0.2) is 4.79 Å². The normalized spacial score (nSPS) is 10.7. The van der Waals surface area contributed by atoms with Gasteiger partial charge in [0.15, 0.2) is 5.69 Å². The van der Waals surface area contributed by atoms with Gasteiger partial charge in [0.1, 0.15) is 0 Å². The predicted molar refractivity (Wildman–Crippen MR) is 70.1 cm³/mol. The highest BCUT2D eigenvalue weighted by Gasteiger charge is 2.16. The number of carboxylic acid groups (broad SMARTS) is 1. The highest BCUT2D eigenvalue weighted by Crippen LogP contribution is 2.31. The van der Waals surface area contributed by atoms with Gasteiger partial charge in [0.05, 0.1) is 5.69 Å². The number of hydrogen-bond donors (Lipinski definition) is 1. The highest BCUT2D eigenvalue weighted by atomic mass is 35.5. The van der Waals surface area contributed by atoms with E-state index in [1.165, 1.54) is 0 Å². The van der Waals surface area contributed by atoms with Crippen LogP contribution in [-0.2, 0) is 7.05 Å². The minimum absolute atomic E-state index is 0.0336. The standard InChI is InChI=1S/C13H13ClN2O2/c1-7-4-5-9(14)8(2)12(7)11-6-10(13(17)18)15-16(11)3/h4-6H,1-3H3,(H,17,18). The zero-order valence-corrected chi connectivity index (χ0v) is 11.1. The number of halogens is 1. The van der Waals surface area contributed by atoms with Gasteiger partial charge in [0, 0.05) is 17.6 Å². The van der Waals surface area contributed by atoms with Crippen LogP contribution < -0.4 is 0 Å². The molecule has 2 rings (SSSR count). The first kappa shape index (κ1) is 12.6. The Morgan fingerprint density at radius 1 is 1.39 bits per heavy atom. The fraction of sp³-hybridized carbons (Fsp3) is 0.231. The van der Waals surface area contributed by atoms with E-state index in [9.17, 15) is 4.79 Å². The number of carboxylic acids is 1. The summed E-state index contributed by atoms with van der Waals surface area (Å²) < 4.78 is 1.56. The number of carbonyl (C=O) groups is 1. The summed E-state index contributed by atoms with van der Waals surface area (Å²) in [7, 11) is 1.72. The molecular weight excluding hydrogens is 252 g/mol.